The molecule has 0 aliphatic carbocycles. The molecule has 29 heavy (non-hydrogen) atoms. The molecule has 0 radical (unpaired) electrons. The van der Waals surface area contributed by atoms with Crippen LogP contribution >= 0.6 is 0 Å². The van der Waals surface area contributed by atoms with Crippen LogP contribution in [0.5, 0.6) is 0 Å². The molecule has 2 aromatic carbocycles. The minimum atomic E-state index is -3.25. The van der Waals surface area contributed by atoms with Gasteiger partial charge in [-0.05, 0) is 74.2 Å². The Labute approximate surface area is 173 Å². The molecule has 0 aromatic heterocycles. The number of carbonyl (C=O) groups excluding carboxylic acids is 1. The van der Waals surface area contributed by atoms with Crippen molar-refractivity contribution in [3.8, 4) is 11.1 Å². The van der Waals surface area contributed by atoms with Gasteiger partial charge < -0.3 is 9.80 Å². The van der Waals surface area contributed by atoms with Gasteiger partial charge in [-0.3, -0.25) is 4.79 Å². The maximum Gasteiger partial charge on any atom is 0.254 e. The van der Waals surface area contributed by atoms with Crippen molar-refractivity contribution in [2.24, 2.45) is 0 Å². The number of hydrogen-bond acceptors (Lipinski definition) is 4. The van der Waals surface area contributed by atoms with Crippen molar-refractivity contribution in [1.29, 1.82) is 0 Å². The van der Waals surface area contributed by atoms with E-state index in [9.17, 15) is 13.2 Å². The van der Waals surface area contributed by atoms with Gasteiger partial charge in [0.1, 0.15) is 0 Å². The van der Waals surface area contributed by atoms with Crippen LogP contribution < -0.4 is 0 Å². The number of sulfone groups is 1. The van der Waals surface area contributed by atoms with E-state index in [2.05, 4.69) is 4.90 Å². The molecular formula is C23H28N2O3S. The van der Waals surface area contributed by atoms with Crippen molar-refractivity contribution in [3.05, 3.63) is 54.1 Å². The molecule has 2 saturated heterocycles. The molecule has 2 aromatic rings. The highest BCUT2D eigenvalue weighted by molar-refractivity contribution is 7.90. The molecule has 2 fully saturated rings. The fraction of sp³-hybridized carbons (Fsp3) is 0.435. The first-order valence-electron chi connectivity index (χ1n) is 10.4. The Morgan fingerprint density at radius 2 is 1.69 bits per heavy atom. The molecular weight excluding hydrogens is 384 g/mol. The van der Waals surface area contributed by atoms with Crippen molar-refractivity contribution in [1.82, 2.24) is 9.80 Å². The van der Waals surface area contributed by atoms with Crippen molar-refractivity contribution in [2.75, 3.05) is 32.4 Å². The van der Waals surface area contributed by atoms with Crippen molar-refractivity contribution in [2.45, 2.75) is 36.6 Å². The summed E-state index contributed by atoms with van der Waals surface area (Å²) in [5, 5.41) is 0. The van der Waals surface area contributed by atoms with Gasteiger partial charge >= 0.3 is 0 Å². The second-order valence-corrected chi connectivity index (χ2v) is 10.2. The lowest BCUT2D eigenvalue weighted by Crippen LogP contribution is -2.42. The molecule has 154 valence electrons. The van der Waals surface area contributed by atoms with Crippen LogP contribution in [0.2, 0.25) is 0 Å². The standard InChI is InChI=1S/C23H28N2O3S/c1-29(27,28)22-8-4-6-20(16-22)18-9-11-19(12-10-18)23(26)25-15-5-7-21(25)17-24-13-2-3-14-24/h4,6,8-12,16,21H,2-3,5,7,13-15,17H2,1H3. The molecule has 6 heteroatoms. The number of benzene rings is 2. The van der Waals surface area contributed by atoms with Crippen LogP contribution in [0.15, 0.2) is 53.4 Å². The first-order chi connectivity index (χ1) is 13.9. The lowest BCUT2D eigenvalue weighted by Gasteiger charge is -2.28. The number of carbonyl (C=O) groups is 1. The number of hydrogen-bond donors (Lipinski definition) is 0. The molecule has 0 bridgehead atoms. The van der Waals surface area contributed by atoms with E-state index in [-0.39, 0.29) is 5.91 Å². The van der Waals surface area contributed by atoms with E-state index >= 15 is 0 Å². The third-order valence-electron chi connectivity index (χ3n) is 6.03. The number of rotatable bonds is 5. The van der Waals surface area contributed by atoms with E-state index in [1.807, 2.05) is 35.2 Å². The van der Waals surface area contributed by atoms with Crippen molar-refractivity contribution >= 4 is 15.7 Å². The zero-order valence-corrected chi connectivity index (χ0v) is 17.7. The summed E-state index contributed by atoms with van der Waals surface area (Å²) in [6.07, 6.45) is 5.90. The average Bonchev–Trinajstić information content (AvgIpc) is 3.40. The van der Waals surface area contributed by atoms with Crippen molar-refractivity contribution < 1.29 is 13.2 Å². The second-order valence-electron chi connectivity index (χ2n) is 8.18. The highest BCUT2D eigenvalue weighted by Crippen LogP contribution is 2.26. The fourth-order valence-electron chi connectivity index (χ4n) is 4.43. The maximum atomic E-state index is 13.1. The van der Waals surface area contributed by atoms with Gasteiger partial charge in [0.15, 0.2) is 9.84 Å². The minimum absolute atomic E-state index is 0.100. The summed E-state index contributed by atoms with van der Waals surface area (Å²) in [6, 6.07) is 14.7. The van der Waals surface area contributed by atoms with E-state index in [0.717, 1.165) is 50.1 Å². The monoisotopic (exact) mass is 412 g/mol. The van der Waals surface area contributed by atoms with Crippen LogP contribution in [0.4, 0.5) is 0 Å². The van der Waals surface area contributed by atoms with E-state index in [1.165, 1.54) is 19.1 Å². The largest absolute Gasteiger partial charge is 0.334 e. The lowest BCUT2D eigenvalue weighted by atomic mass is 10.0. The second kappa shape index (κ2) is 8.28. The number of likely N-dealkylation sites (tertiary alicyclic amines) is 2. The molecule has 0 saturated carbocycles. The first-order valence-corrected chi connectivity index (χ1v) is 12.2. The fourth-order valence-corrected chi connectivity index (χ4v) is 5.10. The number of amides is 1. The summed E-state index contributed by atoms with van der Waals surface area (Å²) in [7, 11) is -3.25. The van der Waals surface area contributed by atoms with Gasteiger partial charge in [-0.2, -0.15) is 0 Å². The SMILES string of the molecule is CS(=O)(=O)c1cccc(-c2ccc(C(=O)N3CCCC3CN3CCCC3)cc2)c1. The topological polar surface area (TPSA) is 57.7 Å². The zero-order valence-electron chi connectivity index (χ0n) is 16.9. The van der Waals surface area contributed by atoms with Crippen LogP contribution in [0.25, 0.3) is 11.1 Å². The van der Waals surface area contributed by atoms with E-state index in [4.69, 9.17) is 0 Å². The molecule has 0 N–H and O–H groups in total. The van der Waals surface area contributed by atoms with E-state index in [0.29, 0.717) is 16.5 Å². The Balaban J connectivity index is 1.49. The Kier molecular flexibility index (Phi) is 5.74. The minimum Gasteiger partial charge on any atom is -0.334 e. The quantitative estimate of drug-likeness (QED) is 0.755. The average molecular weight is 413 g/mol. The molecule has 1 unspecified atom stereocenters. The Bertz CT molecular complexity index is 979. The summed E-state index contributed by atoms with van der Waals surface area (Å²) in [4.78, 5) is 17.9. The van der Waals surface area contributed by atoms with Gasteiger partial charge in [0, 0.05) is 31.0 Å². The summed E-state index contributed by atoms with van der Waals surface area (Å²) in [5.41, 5.74) is 2.43. The normalized spacial score (nSPS) is 20.3. The van der Waals surface area contributed by atoms with Gasteiger partial charge in [-0.15, -0.1) is 0 Å². The molecule has 2 aliphatic rings. The number of nitrogens with zero attached hydrogens (tertiary/aromatic N) is 2. The van der Waals surface area contributed by atoms with Crippen LogP contribution in [0.3, 0.4) is 0 Å². The summed E-state index contributed by atoms with van der Waals surface area (Å²) in [6.45, 7) is 4.12. The van der Waals surface area contributed by atoms with Crippen molar-refractivity contribution in [3.63, 3.8) is 0 Å². The van der Waals surface area contributed by atoms with Crippen LogP contribution in [-0.2, 0) is 9.84 Å². The van der Waals surface area contributed by atoms with E-state index < -0.39 is 9.84 Å². The predicted octanol–water partition coefficient (Wildman–Crippen LogP) is 3.46. The Morgan fingerprint density at radius 3 is 2.38 bits per heavy atom. The smallest absolute Gasteiger partial charge is 0.254 e. The third-order valence-corrected chi connectivity index (χ3v) is 7.14. The zero-order chi connectivity index (χ0) is 20.4. The molecule has 4 rings (SSSR count). The Morgan fingerprint density at radius 1 is 0.966 bits per heavy atom. The molecule has 2 heterocycles. The molecule has 5 nitrogen and oxygen atoms in total. The molecule has 1 atom stereocenters. The van der Waals surface area contributed by atoms with Gasteiger partial charge in [0.2, 0.25) is 0 Å². The first kappa shape index (κ1) is 20.1. The predicted molar refractivity (Wildman–Crippen MR) is 115 cm³/mol. The van der Waals surface area contributed by atoms with Gasteiger partial charge in [0.05, 0.1) is 4.90 Å². The van der Waals surface area contributed by atoms with E-state index in [1.54, 1.807) is 18.2 Å². The summed E-state index contributed by atoms with van der Waals surface area (Å²) < 4.78 is 23.6. The molecule has 2 aliphatic heterocycles. The molecule has 1 amide bonds. The van der Waals surface area contributed by atoms with Crippen LogP contribution in [0, 0.1) is 0 Å². The van der Waals surface area contributed by atoms with Gasteiger partial charge in [-0.25, -0.2) is 8.42 Å². The van der Waals surface area contributed by atoms with Crippen LogP contribution in [-0.4, -0.2) is 62.6 Å². The molecule has 0 spiro atoms. The highest BCUT2D eigenvalue weighted by Gasteiger charge is 2.31. The lowest BCUT2D eigenvalue weighted by molar-refractivity contribution is 0.0709. The summed E-state index contributed by atoms with van der Waals surface area (Å²) >= 11 is 0. The maximum absolute atomic E-state index is 13.1. The van der Waals surface area contributed by atoms with Gasteiger partial charge in [0.25, 0.3) is 5.91 Å². The summed E-state index contributed by atoms with van der Waals surface area (Å²) in [5.74, 6) is 0.100. The van der Waals surface area contributed by atoms with Gasteiger partial charge in [-0.1, -0.05) is 24.3 Å². The van der Waals surface area contributed by atoms with Crippen LogP contribution in [0.1, 0.15) is 36.0 Å². The Hall–Kier alpha value is -2.18. The highest BCUT2D eigenvalue weighted by atomic mass is 32.2. The third kappa shape index (κ3) is 4.54.